The number of nitrogens with zero attached hydrogens (tertiary/aromatic N) is 1. The molecule has 1 unspecified atom stereocenters. The lowest BCUT2D eigenvalue weighted by Gasteiger charge is -2.33. The zero-order chi connectivity index (χ0) is 30.7. The number of aromatic amines is 1. The number of aryl methyl sites for hydroxylation is 1. The van der Waals surface area contributed by atoms with E-state index in [9.17, 15) is 14.4 Å². The van der Waals surface area contributed by atoms with Crippen molar-refractivity contribution >= 4 is 22.6 Å². The smallest absolute Gasteiger partial charge is 0.258 e. The third kappa shape index (κ3) is 9.81. The third-order valence-corrected chi connectivity index (χ3v) is 6.92. The van der Waals surface area contributed by atoms with E-state index in [1.165, 1.54) is 6.92 Å². The van der Waals surface area contributed by atoms with Crippen molar-refractivity contribution in [3.8, 4) is 0 Å². The Morgan fingerprint density at radius 3 is 2.48 bits per heavy atom. The molecule has 11 heteroatoms. The molecular formula is C31H42N4O7. The summed E-state index contributed by atoms with van der Waals surface area (Å²) in [6, 6.07) is 14.3. The highest BCUT2D eigenvalue weighted by atomic mass is 16.8. The summed E-state index contributed by atoms with van der Waals surface area (Å²) in [6.07, 6.45) is 0.0973. The molecule has 42 heavy (non-hydrogen) atoms. The predicted molar refractivity (Wildman–Crippen MR) is 157 cm³/mol. The van der Waals surface area contributed by atoms with Gasteiger partial charge in [0.1, 0.15) is 5.82 Å². The third-order valence-electron chi connectivity index (χ3n) is 6.92. The van der Waals surface area contributed by atoms with Crippen LogP contribution in [0.2, 0.25) is 0 Å². The first kappa shape index (κ1) is 33.0. The van der Waals surface area contributed by atoms with Crippen molar-refractivity contribution in [1.82, 2.24) is 20.9 Å². The zero-order valence-electron chi connectivity index (χ0n) is 24.9. The first-order valence-electron chi connectivity index (χ1n) is 14.0. The van der Waals surface area contributed by atoms with Gasteiger partial charge in [-0.05, 0) is 55.4 Å². The van der Waals surface area contributed by atoms with Crippen LogP contribution in [0.4, 0.5) is 0 Å². The van der Waals surface area contributed by atoms with Gasteiger partial charge >= 0.3 is 0 Å². The summed E-state index contributed by atoms with van der Waals surface area (Å²) in [6.45, 7) is 9.57. The summed E-state index contributed by atoms with van der Waals surface area (Å²) in [5.74, 6) is -0.742. The molecule has 11 nitrogen and oxygen atoms in total. The molecule has 0 saturated heterocycles. The number of hydrogen-bond acceptors (Lipinski definition) is 9. The molecule has 0 radical (unpaired) electrons. The van der Waals surface area contributed by atoms with Crippen molar-refractivity contribution in [2.75, 3.05) is 13.2 Å². The first-order chi connectivity index (χ1) is 20.0. The van der Waals surface area contributed by atoms with Crippen LogP contribution in [0.25, 0.3) is 10.9 Å². The van der Waals surface area contributed by atoms with E-state index in [1.807, 2.05) is 51.1 Å². The Balaban J connectivity index is 1.78. The maximum absolute atomic E-state index is 13.7. The number of ether oxygens (including phenoxy) is 2. The van der Waals surface area contributed by atoms with Gasteiger partial charge in [0.15, 0.2) is 5.78 Å². The largest absolute Gasteiger partial charge is 0.377 e. The SMILES string of the molecule is CC(=O)[C@@H](NC(=O)[C@H](CCCOCc1ccccc1)C(CONO)OCc1ccc2nc(C)[nH]c(=O)c2c1)C(C)(C)C. The number of carbonyl (C=O) groups excluding carboxylic acids is 2. The second-order valence-electron chi connectivity index (χ2n) is 11.5. The minimum atomic E-state index is -0.809. The van der Waals surface area contributed by atoms with Gasteiger partial charge in [-0.2, -0.15) is 0 Å². The van der Waals surface area contributed by atoms with E-state index >= 15 is 0 Å². The van der Waals surface area contributed by atoms with Gasteiger partial charge in [0, 0.05) is 6.61 Å². The van der Waals surface area contributed by atoms with Crippen LogP contribution in [0.3, 0.4) is 0 Å². The summed E-state index contributed by atoms with van der Waals surface area (Å²) in [4.78, 5) is 50.7. The fourth-order valence-electron chi connectivity index (χ4n) is 4.83. The fraction of sp³-hybridized carbons (Fsp3) is 0.484. The molecule has 0 aliphatic heterocycles. The molecule has 1 heterocycles. The van der Waals surface area contributed by atoms with Crippen LogP contribution in [0, 0.1) is 18.3 Å². The Hall–Kier alpha value is -3.48. The standard InChI is InChI=1S/C31H42N4O7/c1-20(36)28(31(3,4)5)34-29(37)24(12-9-15-40-17-22-10-7-6-8-11-22)27(19-42-35-39)41-18-23-13-14-26-25(16-23)30(38)33-21(2)32-26/h6-8,10-11,13-14,16,24,27-28,35,39H,9,12,15,17-19H2,1-5H3,(H,34,37)(H,32,33,38)/t24-,27?,28-/m1/s1. The number of hydrogen-bond donors (Lipinski definition) is 4. The molecule has 1 aromatic heterocycles. The molecule has 228 valence electrons. The molecule has 0 fully saturated rings. The molecule has 0 saturated carbocycles. The van der Waals surface area contributed by atoms with Crippen LogP contribution in [-0.2, 0) is 37.1 Å². The molecule has 0 bridgehead atoms. The molecule has 0 aliphatic rings. The van der Waals surface area contributed by atoms with Gasteiger partial charge in [0.05, 0.1) is 48.8 Å². The van der Waals surface area contributed by atoms with Crippen LogP contribution >= 0.6 is 0 Å². The van der Waals surface area contributed by atoms with Crippen molar-refractivity contribution in [3.63, 3.8) is 0 Å². The number of rotatable bonds is 16. The van der Waals surface area contributed by atoms with E-state index in [-0.39, 0.29) is 30.5 Å². The van der Waals surface area contributed by atoms with Crippen LogP contribution in [0.5, 0.6) is 0 Å². The first-order valence-corrected chi connectivity index (χ1v) is 14.0. The van der Waals surface area contributed by atoms with Gasteiger partial charge in [-0.3, -0.25) is 24.4 Å². The number of ketones is 1. The second kappa shape index (κ2) is 15.7. The van der Waals surface area contributed by atoms with Gasteiger partial charge in [0.2, 0.25) is 5.91 Å². The minimum Gasteiger partial charge on any atom is -0.377 e. The van der Waals surface area contributed by atoms with E-state index in [2.05, 4.69) is 15.3 Å². The number of aromatic nitrogens is 2. The lowest BCUT2D eigenvalue weighted by molar-refractivity contribution is -0.170. The molecule has 3 rings (SSSR count). The number of benzene rings is 2. The van der Waals surface area contributed by atoms with E-state index in [1.54, 1.807) is 30.8 Å². The fourth-order valence-corrected chi connectivity index (χ4v) is 4.83. The highest BCUT2D eigenvalue weighted by molar-refractivity contribution is 5.89. The van der Waals surface area contributed by atoms with Crippen LogP contribution < -0.4 is 16.5 Å². The lowest BCUT2D eigenvalue weighted by atomic mass is 9.83. The van der Waals surface area contributed by atoms with Crippen LogP contribution in [0.15, 0.2) is 53.3 Å². The summed E-state index contributed by atoms with van der Waals surface area (Å²) < 4.78 is 12.0. The Labute approximate surface area is 245 Å². The summed E-state index contributed by atoms with van der Waals surface area (Å²) in [5, 5.41) is 12.5. The van der Waals surface area contributed by atoms with E-state index in [0.29, 0.717) is 48.3 Å². The lowest BCUT2D eigenvalue weighted by Crippen LogP contribution is -2.52. The van der Waals surface area contributed by atoms with Gasteiger partial charge in [-0.25, -0.2) is 4.98 Å². The summed E-state index contributed by atoms with van der Waals surface area (Å²) in [7, 11) is 0. The molecule has 3 aromatic rings. The van der Waals surface area contributed by atoms with Crippen molar-refractivity contribution in [2.45, 2.75) is 72.8 Å². The Morgan fingerprint density at radius 2 is 1.81 bits per heavy atom. The number of nitrogens with one attached hydrogen (secondary N) is 3. The van der Waals surface area contributed by atoms with Crippen LogP contribution in [-0.4, -0.2) is 52.2 Å². The average Bonchev–Trinajstić information content (AvgIpc) is 2.94. The number of amides is 1. The molecule has 0 aliphatic carbocycles. The van der Waals surface area contributed by atoms with Crippen molar-refractivity contribution in [3.05, 3.63) is 75.8 Å². The molecule has 3 atom stereocenters. The maximum Gasteiger partial charge on any atom is 0.258 e. The van der Waals surface area contributed by atoms with Gasteiger partial charge in [0.25, 0.3) is 5.56 Å². The van der Waals surface area contributed by atoms with E-state index in [0.717, 1.165) is 5.56 Å². The monoisotopic (exact) mass is 582 g/mol. The average molecular weight is 583 g/mol. The topological polar surface area (TPSA) is 152 Å². The molecule has 1 amide bonds. The molecule has 0 spiro atoms. The second-order valence-corrected chi connectivity index (χ2v) is 11.5. The van der Waals surface area contributed by atoms with Crippen molar-refractivity contribution in [1.29, 1.82) is 0 Å². The van der Waals surface area contributed by atoms with Crippen LogP contribution in [0.1, 0.15) is 57.5 Å². The molecular weight excluding hydrogens is 540 g/mol. The van der Waals surface area contributed by atoms with Gasteiger partial charge in [-0.15, -0.1) is 0 Å². The van der Waals surface area contributed by atoms with Gasteiger partial charge in [-0.1, -0.05) is 62.8 Å². The normalized spacial score (nSPS) is 14.0. The Morgan fingerprint density at radius 1 is 1.07 bits per heavy atom. The van der Waals surface area contributed by atoms with Crippen molar-refractivity contribution < 1.29 is 29.1 Å². The highest BCUT2D eigenvalue weighted by Crippen LogP contribution is 2.24. The molecule has 2 aromatic carbocycles. The number of Topliss-reactive ketones (excluding diaryl/α,β-unsaturated/α-hetero) is 1. The quantitative estimate of drug-likeness (QED) is 0.146. The maximum atomic E-state index is 13.7. The Kier molecular flexibility index (Phi) is 12.3. The summed E-state index contributed by atoms with van der Waals surface area (Å²) >= 11 is 0. The Bertz CT molecular complexity index is 1370. The van der Waals surface area contributed by atoms with E-state index < -0.39 is 23.5 Å². The number of fused-ring (bicyclic) bond motifs is 1. The molecule has 4 N–H and O–H groups in total. The van der Waals surface area contributed by atoms with E-state index in [4.69, 9.17) is 19.5 Å². The minimum absolute atomic E-state index is 0.0619. The number of H-pyrrole nitrogens is 1. The number of carbonyl (C=O) groups is 2. The zero-order valence-corrected chi connectivity index (χ0v) is 24.9. The summed E-state index contributed by atoms with van der Waals surface area (Å²) in [5.41, 5.74) is 3.21. The highest BCUT2D eigenvalue weighted by Gasteiger charge is 2.35. The van der Waals surface area contributed by atoms with Crippen molar-refractivity contribution in [2.24, 2.45) is 11.3 Å². The predicted octanol–water partition coefficient (Wildman–Crippen LogP) is 3.76. The van der Waals surface area contributed by atoms with Gasteiger partial charge < -0.3 is 19.8 Å².